The number of hydrogen-bond acceptors (Lipinski definition) is 6. The molecule has 0 spiro atoms. The summed E-state index contributed by atoms with van der Waals surface area (Å²) in [5.74, 6) is 0. The molecule has 2 fully saturated rings. The Labute approximate surface area is 154 Å². The third kappa shape index (κ3) is 4.81. The van der Waals surface area contributed by atoms with Crippen LogP contribution in [0.4, 0.5) is 0 Å². The lowest BCUT2D eigenvalue weighted by atomic mass is 10.1. The Hall–Kier alpha value is -0.510. The SMILES string of the molecule is CCc1ccc(S(=O)(=O)N(CCN2CCOCC2)C2CCOCC2)s1. The Bertz CT molecular complexity index is 635. The van der Waals surface area contributed by atoms with Crippen LogP contribution < -0.4 is 0 Å². The third-order valence-corrected chi connectivity index (χ3v) is 8.54. The number of thiophene rings is 1. The van der Waals surface area contributed by atoms with Gasteiger partial charge in [0.15, 0.2) is 0 Å². The largest absolute Gasteiger partial charge is 0.381 e. The molecule has 2 aliphatic rings. The van der Waals surface area contributed by atoms with Crippen molar-refractivity contribution in [3.8, 4) is 0 Å². The van der Waals surface area contributed by atoms with Gasteiger partial charge in [0.25, 0.3) is 10.0 Å². The van der Waals surface area contributed by atoms with E-state index in [0.29, 0.717) is 24.0 Å². The molecule has 3 rings (SSSR count). The molecule has 0 N–H and O–H groups in total. The predicted octanol–water partition coefficient (Wildman–Crippen LogP) is 1.81. The minimum atomic E-state index is -3.45. The first kappa shape index (κ1) is 19.3. The molecule has 3 heterocycles. The van der Waals surface area contributed by atoms with Gasteiger partial charge in [-0.1, -0.05) is 6.92 Å². The Balaban J connectivity index is 1.76. The standard InChI is InChI=1S/C17H28N2O4S2/c1-2-16-3-4-17(24-16)25(20,21)19(15-5-11-22-12-6-15)8-7-18-9-13-23-14-10-18/h3-4,15H,2,5-14H2,1H3. The van der Waals surface area contributed by atoms with E-state index in [9.17, 15) is 8.42 Å². The van der Waals surface area contributed by atoms with Crippen molar-refractivity contribution in [2.75, 3.05) is 52.6 Å². The fourth-order valence-corrected chi connectivity index (χ4v) is 6.44. The summed E-state index contributed by atoms with van der Waals surface area (Å²) in [6.45, 7) is 7.83. The molecule has 6 nitrogen and oxygen atoms in total. The van der Waals surface area contributed by atoms with E-state index in [-0.39, 0.29) is 6.04 Å². The minimum Gasteiger partial charge on any atom is -0.381 e. The van der Waals surface area contributed by atoms with E-state index in [1.165, 1.54) is 11.3 Å². The lowest BCUT2D eigenvalue weighted by molar-refractivity contribution is 0.0292. The number of sulfonamides is 1. The van der Waals surface area contributed by atoms with Gasteiger partial charge in [-0.2, -0.15) is 4.31 Å². The number of hydrogen-bond donors (Lipinski definition) is 0. The molecule has 0 aromatic carbocycles. The van der Waals surface area contributed by atoms with E-state index in [2.05, 4.69) is 11.8 Å². The van der Waals surface area contributed by atoms with Crippen molar-refractivity contribution in [3.05, 3.63) is 17.0 Å². The first-order valence-corrected chi connectivity index (χ1v) is 11.4. The molecule has 8 heteroatoms. The number of morpholine rings is 1. The summed E-state index contributed by atoms with van der Waals surface area (Å²) < 4.78 is 39.6. The Morgan fingerprint density at radius 2 is 1.84 bits per heavy atom. The monoisotopic (exact) mass is 388 g/mol. The molecule has 0 aliphatic carbocycles. The second-order valence-corrected chi connectivity index (χ2v) is 9.77. The summed E-state index contributed by atoms with van der Waals surface area (Å²) >= 11 is 1.40. The summed E-state index contributed by atoms with van der Waals surface area (Å²) in [4.78, 5) is 3.40. The summed E-state index contributed by atoms with van der Waals surface area (Å²) in [5.41, 5.74) is 0. The van der Waals surface area contributed by atoms with E-state index < -0.39 is 10.0 Å². The molecular formula is C17H28N2O4S2. The fraction of sp³-hybridized carbons (Fsp3) is 0.765. The first-order chi connectivity index (χ1) is 12.1. The van der Waals surface area contributed by atoms with E-state index in [1.807, 2.05) is 6.07 Å². The average molecular weight is 389 g/mol. The smallest absolute Gasteiger partial charge is 0.252 e. The van der Waals surface area contributed by atoms with Crippen molar-refractivity contribution in [2.24, 2.45) is 0 Å². The highest BCUT2D eigenvalue weighted by Crippen LogP contribution is 2.29. The predicted molar refractivity (Wildman–Crippen MR) is 98.7 cm³/mol. The molecule has 0 saturated carbocycles. The summed E-state index contributed by atoms with van der Waals surface area (Å²) in [7, 11) is -3.45. The molecule has 0 unspecified atom stereocenters. The lowest BCUT2D eigenvalue weighted by Gasteiger charge is -2.35. The average Bonchev–Trinajstić information content (AvgIpc) is 3.14. The molecule has 0 atom stereocenters. The zero-order chi connectivity index (χ0) is 17.7. The molecule has 1 aromatic rings. The van der Waals surface area contributed by atoms with E-state index in [1.54, 1.807) is 10.4 Å². The molecule has 0 amide bonds. The van der Waals surface area contributed by atoms with Crippen molar-refractivity contribution in [2.45, 2.75) is 36.4 Å². The van der Waals surface area contributed by atoms with Crippen LogP contribution in [-0.4, -0.2) is 76.3 Å². The van der Waals surface area contributed by atoms with E-state index >= 15 is 0 Å². The van der Waals surface area contributed by atoms with Crippen molar-refractivity contribution in [1.29, 1.82) is 0 Å². The van der Waals surface area contributed by atoms with Crippen molar-refractivity contribution < 1.29 is 17.9 Å². The van der Waals surface area contributed by atoms with Crippen LogP contribution in [-0.2, 0) is 25.9 Å². The van der Waals surface area contributed by atoms with Crippen LogP contribution in [0.2, 0.25) is 0 Å². The number of ether oxygens (including phenoxy) is 2. The summed E-state index contributed by atoms with van der Waals surface area (Å²) in [6.07, 6.45) is 2.41. The molecule has 2 saturated heterocycles. The van der Waals surface area contributed by atoms with Gasteiger partial charge in [0.2, 0.25) is 0 Å². The van der Waals surface area contributed by atoms with E-state index in [4.69, 9.17) is 9.47 Å². The number of nitrogens with zero attached hydrogens (tertiary/aromatic N) is 2. The van der Waals surface area contributed by atoms with Crippen LogP contribution in [0.25, 0.3) is 0 Å². The molecular weight excluding hydrogens is 360 g/mol. The van der Waals surface area contributed by atoms with Gasteiger partial charge in [-0.3, -0.25) is 4.90 Å². The number of aryl methyl sites for hydroxylation is 1. The van der Waals surface area contributed by atoms with Gasteiger partial charge in [-0.15, -0.1) is 11.3 Å². The second kappa shape index (κ2) is 8.92. The Kier molecular flexibility index (Phi) is 6.87. The zero-order valence-electron chi connectivity index (χ0n) is 14.9. The topological polar surface area (TPSA) is 59.1 Å². The Morgan fingerprint density at radius 3 is 2.48 bits per heavy atom. The van der Waals surface area contributed by atoms with Crippen LogP contribution in [0.15, 0.2) is 16.3 Å². The molecule has 142 valence electrons. The lowest BCUT2D eigenvalue weighted by Crippen LogP contribution is -2.48. The van der Waals surface area contributed by atoms with Crippen LogP contribution in [0.5, 0.6) is 0 Å². The highest BCUT2D eigenvalue weighted by atomic mass is 32.2. The summed E-state index contributed by atoms with van der Waals surface area (Å²) in [6, 6.07) is 3.73. The van der Waals surface area contributed by atoms with E-state index in [0.717, 1.165) is 57.0 Å². The molecule has 2 aliphatic heterocycles. The first-order valence-electron chi connectivity index (χ1n) is 9.09. The maximum Gasteiger partial charge on any atom is 0.252 e. The molecule has 1 aromatic heterocycles. The quantitative estimate of drug-likeness (QED) is 0.713. The highest BCUT2D eigenvalue weighted by Gasteiger charge is 2.33. The Morgan fingerprint density at radius 1 is 1.16 bits per heavy atom. The van der Waals surface area contributed by atoms with Crippen LogP contribution >= 0.6 is 11.3 Å². The van der Waals surface area contributed by atoms with Gasteiger partial charge in [0.05, 0.1) is 13.2 Å². The minimum absolute atomic E-state index is 0.0342. The van der Waals surface area contributed by atoms with Gasteiger partial charge in [-0.25, -0.2) is 8.42 Å². The third-order valence-electron chi connectivity index (χ3n) is 4.89. The normalized spacial score (nSPS) is 21.0. The van der Waals surface area contributed by atoms with Gasteiger partial charge in [0.1, 0.15) is 4.21 Å². The molecule has 25 heavy (non-hydrogen) atoms. The van der Waals surface area contributed by atoms with Gasteiger partial charge in [0, 0.05) is 50.3 Å². The van der Waals surface area contributed by atoms with Gasteiger partial charge in [-0.05, 0) is 31.4 Å². The van der Waals surface area contributed by atoms with Crippen LogP contribution in [0, 0.1) is 0 Å². The molecule has 0 bridgehead atoms. The second-order valence-electron chi connectivity index (χ2n) is 6.49. The summed E-state index contributed by atoms with van der Waals surface area (Å²) in [5, 5.41) is 0. The van der Waals surface area contributed by atoms with Gasteiger partial charge >= 0.3 is 0 Å². The van der Waals surface area contributed by atoms with Crippen LogP contribution in [0.1, 0.15) is 24.6 Å². The zero-order valence-corrected chi connectivity index (χ0v) is 16.5. The maximum atomic E-state index is 13.3. The van der Waals surface area contributed by atoms with Crippen molar-refractivity contribution in [3.63, 3.8) is 0 Å². The highest BCUT2D eigenvalue weighted by molar-refractivity contribution is 7.91. The van der Waals surface area contributed by atoms with Crippen molar-refractivity contribution in [1.82, 2.24) is 9.21 Å². The van der Waals surface area contributed by atoms with Crippen LogP contribution in [0.3, 0.4) is 0 Å². The number of rotatable bonds is 7. The molecule has 0 radical (unpaired) electrons. The van der Waals surface area contributed by atoms with Crippen molar-refractivity contribution >= 4 is 21.4 Å². The van der Waals surface area contributed by atoms with Gasteiger partial charge < -0.3 is 9.47 Å². The maximum absolute atomic E-state index is 13.3. The fourth-order valence-electron chi connectivity index (χ4n) is 3.34.